The van der Waals surface area contributed by atoms with Gasteiger partial charge in [0.25, 0.3) is 11.5 Å². The molecule has 12 nitrogen and oxygen atoms in total. The Labute approximate surface area is 200 Å². The van der Waals surface area contributed by atoms with Crippen LogP contribution in [0.5, 0.6) is 0 Å². The summed E-state index contributed by atoms with van der Waals surface area (Å²) in [6, 6.07) is 0. The van der Waals surface area contributed by atoms with Crippen molar-refractivity contribution in [2.75, 3.05) is 26.2 Å². The van der Waals surface area contributed by atoms with Crippen molar-refractivity contribution in [2.24, 2.45) is 14.1 Å². The van der Waals surface area contributed by atoms with Gasteiger partial charge in [0.2, 0.25) is 5.91 Å². The quantitative estimate of drug-likeness (QED) is 0.524. The molecule has 3 aromatic heterocycles. The first-order chi connectivity index (χ1) is 16.8. The van der Waals surface area contributed by atoms with E-state index in [2.05, 4.69) is 9.97 Å². The molecule has 186 valence electrons. The molecular weight excluding hydrogens is 454 g/mol. The van der Waals surface area contributed by atoms with Crippen molar-refractivity contribution in [3.63, 3.8) is 0 Å². The van der Waals surface area contributed by atoms with Gasteiger partial charge in [0.1, 0.15) is 12.3 Å². The van der Waals surface area contributed by atoms with E-state index in [0.717, 1.165) is 30.5 Å². The zero-order chi connectivity index (χ0) is 24.9. The van der Waals surface area contributed by atoms with Crippen LogP contribution in [0.1, 0.15) is 53.7 Å². The Morgan fingerprint density at radius 3 is 2.40 bits per heavy atom. The van der Waals surface area contributed by atoms with E-state index < -0.39 is 11.2 Å². The summed E-state index contributed by atoms with van der Waals surface area (Å²) in [5.74, 6) is 0.931. The molecule has 0 atom stereocenters. The van der Waals surface area contributed by atoms with Crippen LogP contribution in [0.15, 0.2) is 20.3 Å². The number of nitrogens with zero attached hydrogens (tertiary/aromatic N) is 7. The number of aromatic nitrogens is 5. The number of hydrogen-bond acceptors (Lipinski definition) is 7. The molecule has 0 bridgehead atoms. The molecule has 0 aliphatic carbocycles. The lowest BCUT2D eigenvalue weighted by molar-refractivity contribution is -0.132. The highest BCUT2D eigenvalue weighted by Crippen LogP contribution is 2.29. The number of likely N-dealkylation sites (tertiary alicyclic amines) is 2. The van der Waals surface area contributed by atoms with Crippen molar-refractivity contribution in [1.29, 1.82) is 0 Å². The molecule has 5 rings (SSSR count). The molecule has 5 heterocycles. The first-order valence-corrected chi connectivity index (χ1v) is 11.9. The average Bonchev–Trinajstić information content (AvgIpc) is 3.61. The van der Waals surface area contributed by atoms with Crippen LogP contribution >= 0.6 is 0 Å². The van der Waals surface area contributed by atoms with E-state index in [4.69, 9.17) is 4.42 Å². The van der Waals surface area contributed by atoms with E-state index in [-0.39, 0.29) is 35.4 Å². The minimum absolute atomic E-state index is 0.0359. The summed E-state index contributed by atoms with van der Waals surface area (Å²) in [6.45, 7) is 4.28. The van der Waals surface area contributed by atoms with Crippen LogP contribution in [0.3, 0.4) is 0 Å². The van der Waals surface area contributed by atoms with Crippen LogP contribution in [0, 0.1) is 6.92 Å². The summed E-state index contributed by atoms with van der Waals surface area (Å²) in [4.78, 5) is 62.8. The third-order valence-electron chi connectivity index (χ3n) is 7.13. The van der Waals surface area contributed by atoms with E-state index in [9.17, 15) is 19.2 Å². The number of rotatable bonds is 4. The number of aryl methyl sites for hydroxylation is 2. The maximum atomic E-state index is 13.0. The van der Waals surface area contributed by atoms with Gasteiger partial charge in [-0.1, -0.05) is 0 Å². The Balaban J connectivity index is 1.26. The van der Waals surface area contributed by atoms with Crippen molar-refractivity contribution < 1.29 is 14.0 Å². The van der Waals surface area contributed by atoms with Gasteiger partial charge >= 0.3 is 5.69 Å². The predicted molar refractivity (Wildman–Crippen MR) is 125 cm³/mol. The van der Waals surface area contributed by atoms with Gasteiger partial charge in [-0.2, -0.15) is 0 Å². The van der Waals surface area contributed by atoms with Crippen LogP contribution in [0.4, 0.5) is 0 Å². The number of oxazole rings is 1. The van der Waals surface area contributed by atoms with Gasteiger partial charge in [0.15, 0.2) is 22.7 Å². The van der Waals surface area contributed by atoms with Crippen molar-refractivity contribution in [1.82, 2.24) is 33.5 Å². The SMILES string of the molecule is Cc1oc(C2CCN(C(=O)Cn3cnc4c3c(=O)n(C)c(=O)n4C)CC2)nc1C(=O)N1CCCC1. The number of carbonyl (C=O) groups is 2. The van der Waals surface area contributed by atoms with Crippen molar-refractivity contribution in [3.8, 4) is 0 Å². The van der Waals surface area contributed by atoms with Crippen molar-refractivity contribution in [3.05, 3.63) is 44.5 Å². The Morgan fingerprint density at radius 1 is 1.03 bits per heavy atom. The second-order valence-corrected chi connectivity index (χ2v) is 9.36. The van der Waals surface area contributed by atoms with Gasteiger partial charge in [0.05, 0.1) is 6.33 Å². The summed E-state index contributed by atoms with van der Waals surface area (Å²) >= 11 is 0. The number of imidazole rings is 1. The van der Waals surface area contributed by atoms with Crippen molar-refractivity contribution in [2.45, 2.75) is 45.1 Å². The maximum absolute atomic E-state index is 13.0. The van der Waals surface area contributed by atoms with Gasteiger partial charge in [-0.3, -0.25) is 23.5 Å². The Hall–Kier alpha value is -3.70. The Morgan fingerprint density at radius 2 is 1.71 bits per heavy atom. The molecule has 0 N–H and O–H groups in total. The van der Waals surface area contributed by atoms with E-state index in [1.165, 1.54) is 22.5 Å². The summed E-state index contributed by atoms with van der Waals surface area (Å²) in [7, 11) is 2.95. The average molecular weight is 484 g/mol. The molecule has 3 aromatic rings. The molecular formula is C23H29N7O5. The van der Waals surface area contributed by atoms with Crippen LogP contribution in [0.25, 0.3) is 11.2 Å². The molecule has 2 aliphatic heterocycles. The number of hydrogen-bond donors (Lipinski definition) is 0. The standard InChI is InChI=1S/C23H29N7O5/c1-14-17(21(32)29-8-4-5-9-29)25-20(35-14)15-6-10-28(11-7-15)16(31)12-30-13-24-19-18(30)22(33)27(3)23(34)26(19)2/h13,15H,4-12H2,1-3H3. The lowest BCUT2D eigenvalue weighted by Gasteiger charge is -2.30. The number of piperidine rings is 1. The predicted octanol–water partition coefficient (Wildman–Crippen LogP) is 0.372. The molecule has 2 aliphatic rings. The smallest absolute Gasteiger partial charge is 0.332 e. The summed E-state index contributed by atoms with van der Waals surface area (Å²) in [5.41, 5.74) is -0.0753. The second kappa shape index (κ2) is 8.82. The zero-order valence-electron chi connectivity index (χ0n) is 20.2. The molecule has 0 spiro atoms. The monoisotopic (exact) mass is 483 g/mol. The Bertz CT molecular complexity index is 1410. The van der Waals surface area contributed by atoms with E-state index in [1.54, 1.807) is 18.9 Å². The molecule has 0 radical (unpaired) electrons. The number of carbonyl (C=O) groups excluding carboxylic acids is 2. The normalized spacial score (nSPS) is 17.0. The summed E-state index contributed by atoms with van der Waals surface area (Å²) in [5, 5.41) is 0. The number of fused-ring (bicyclic) bond motifs is 1. The van der Waals surface area contributed by atoms with Crippen LogP contribution in [-0.4, -0.2) is 71.5 Å². The third kappa shape index (κ3) is 3.96. The van der Waals surface area contributed by atoms with Gasteiger partial charge in [-0.15, -0.1) is 0 Å². The largest absolute Gasteiger partial charge is 0.445 e. The highest BCUT2D eigenvalue weighted by atomic mass is 16.4. The first-order valence-electron chi connectivity index (χ1n) is 11.9. The zero-order valence-corrected chi connectivity index (χ0v) is 20.2. The lowest BCUT2D eigenvalue weighted by atomic mass is 9.97. The van der Waals surface area contributed by atoms with E-state index >= 15 is 0 Å². The van der Waals surface area contributed by atoms with Gasteiger partial charge in [-0.25, -0.2) is 14.8 Å². The summed E-state index contributed by atoms with van der Waals surface area (Å²) in [6.07, 6.45) is 4.80. The fourth-order valence-electron chi connectivity index (χ4n) is 5.00. The fourth-order valence-corrected chi connectivity index (χ4v) is 5.00. The maximum Gasteiger partial charge on any atom is 0.332 e. The molecule has 2 fully saturated rings. The fraction of sp³-hybridized carbons (Fsp3) is 0.565. The highest BCUT2D eigenvalue weighted by Gasteiger charge is 2.31. The second-order valence-electron chi connectivity index (χ2n) is 9.36. The third-order valence-corrected chi connectivity index (χ3v) is 7.13. The van der Waals surface area contributed by atoms with E-state index in [0.29, 0.717) is 43.3 Å². The minimum atomic E-state index is -0.481. The van der Waals surface area contributed by atoms with Crippen LogP contribution < -0.4 is 11.2 Å². The molecule has 2 saturated heterocycles. The Kier molecular flexibility index (Phi) is 5.81. The molecule has 0 unspecified atom stereocenters. The van der Waals surface area contributed by atoms with E-state index in [1.807, 2.05) is 4.90 Å². The highest BCUT2D eigenvalue weighted by molar-refractivity contribution is 5.93. The first kappa shape index (κ1) is 23.1. The molecule has 0 saturated carbocycles. The van der Waals surface area contributed by atoms with Crippen molar-refractivity contribution >= 4 is 23.0 Å². The van der Waals surface area contributed by atoms with Crippen LogP contribution in [0.2, 0.25) is 0 Å². The molecule has 0 aromatic carbocycles. The molecule has 35 heavy (non-hydrogen) atoms. The topological polar surface area (TPSA) is 128 Å². The molecule has 2 amide bonds. The lowest BCUT2D eigenvalue weighted by Crippen LogP contribution is -2.41. The minimum Gasteiger partial charge on any atom is -0.445 e. The summed E-state index contributed by atoms with van der Waals surface area (Å²) < 4.78 is 9.68. The van der Waals surface area contributed by atoms with Gasteiger partial charge in [0, 0.05) is 46.2 Å². The van der Waals surface area contributed by atoms with Gasteiger partial charge < -0.3 is 18.8 Å². The number of amides is 2. The van der Waals surface area contributed by atoms with Crippen LogP contribution in [-0.2, 0) is 25.4 Å². The van der Waals surface area contributed by atoms with Gasteiger partial charge in [-0.05, 0) is 32.6 Å². The molecule has 12 heteroatoms.